The maximum absolute atomic E-state index is 12.5. The van der Waals surface area contributed by atoms with Gasteiger partial charge in [0.25, 0.3) is 5.91 Å². The van der Waals surface area contributed by atoms with Crippen LogP contribution in [0.1, 0.15) is 33.6 Å². The molecule has 1 aromatic carbocycles. The number of carbonyl (C=O) groups is 2. The highest BCUT2D eigenvalue weighted by atomic mass is 32.2. The van der Waals surface area contributed by atoms with E-state index in [9.17, 15) is 9.59 Å². The fourth-order valence-corrected chi connectivity index (χ4v) is 4.06. The van der Waals surface area contributed by atoms with Crippen LogP contribution in [0.25, 0.3) is 0 Å². The van der Waals surface area contributed by atoms with E-state index < -0.39 is 5.97 Å². The van der Waals surface area contributed by atoms with E-state index in [1.807, 2.05) is 16.7 Å². The van der Waals surface area contributed by atoms with Crippen LogP contribution in [0.3, 0.4) is 0 Å². The summed E-state index contributed by atoms with van der Waals surface area (Å²) in [6.07, 6.45) is 1.76. The van der Waals surface area contributed by atoms with Crippen molar-refractivity contribution < 1.29 is 19.1 Å². The van der Waals surface area contributed by atoms with E-state index in [4.69, 9.17) is 4.74 Å². The Labute approximate surface area is 134 Å². The first-order valence-electron chi connectivity index (χ1n) is 7.39. The molecule has 2 saturated heterocycles. The standard InChI is InChI=1S/C16H19NO4S/c1-20-15(19)13-4-2-12(3-5-13)14(18)17-8-6-16(7-9-17)21-10-11-22-16/h2-5H,6-11H2,1H3. The van der Waals surface area contributed by atoms with E-state index in [1.165, 1.54) is 7.11 Å². The predicted octanol–water partition coefficient (Wildman–Crippen LogP) is 2.17. The molecule has 0 aliphatic carbocycles. The summed E-state index contributed by atoms with van der Waals surface area (Å²) in [4.78, 5) is 25.7. The minimum absolute atomic E-state index is 0.00858. The van der Waals surface area contributed by atoms with Gasteiger partial charge in [0.2, 0.25) is 0 Å². The Morgan fingerprint density at radius 2 is 1.82 bits per heavy atom. The number of rotatable bonds is 2. The van der Waals surface area contributed by atoms with Gasteiger partial charge in [0.15, 0.2) is 0 Å². The summed E-state index contributed by atoms with van der Waals surface area (Å²) >= 11 is 1.87. The zero-order valence-electron chi connectivity index (χ0n) is 12.5. The zero-order chi connectivity index (χ0) is 15.6. The Bertz CT molecular complexity index is 556. The molecule has 1 amide bonds. The minimum Gasteiger partial charge on any atom is -0.465 e. The lowest BCUT2D eigenvalue weighted by Gasteiger charge is -2.37. The number of carbonyl (C=O) groups excluding carboxylic acids is 2. The van der Waals surface area contributed by atoms with Crippen LogP contribution in [0.4, 0.5) is 0 Å². The number of amides is 1. The van der Waals surface area contributed by atoms with Crippen molar-refractivity contribution in [3.05, 3.63) is 35.4 Å². The molecule has 0 saturated carbocycles. The van der Waals surface area contributed by atoms with Crippen molar-refractivity contribution in [3.8, 4) is 0 Å². The van der Waals surface area contributed by atoms with Gasteiger partial charge in [-0.05, 0) is 24.3 Å². The predicted molar refractivity (Wildman–Crippen MR) is 84.1 cm³/mol. The largest absolute Gasteiger partial charge is 0.465 e. The first-order chi connectivity index (χ1) is 10.6. The highest BCUT2D eigenvalue weighted by Crippen LogP contribution is 2.41. The quantitative estimate of drug-likeness (QED) is 0.782. The fraction of sp³-hybridized carbons (Fsp3) is 0.500. The molecular formula is C16H19NO4S. The summed E-state index contributed by atoms with van der Waals surface area (Å²) in [7, 11) is 1.34. The van der Waals surface area contributed by atoms with Crippen LogP contribution in [0, 0.1) is 0 Å². The van der Waals surface area contributed by atoms with Crippen LogP contribution in [0.2, 0.25) is 0 Å². The number of ether oxygens (including phenoxy) is 2. The number of hydrogen-bond acceptors (Lipinski definition) is 5. The Hall–Kier alpha value is -1.53. The van der Waals surface area contributed by atoms with Crippen LogP contribution < -0.4 is 0 Å². The molecule has 1 spiro atoms. The van der Waals surface area contributed by atoms with Gasteiger partial charge in [-0.3, -0.25) is 4.79 Å². The monoisotopic (exact) mass is 321 g/mol. The fourth-order valence-electron chi connectivity index (χ4n) is 2.89. The maximum Gasteiger partial charge on any atom is 0.337 e. The van der Waals surface area contributed by atoms with Gasteiger partial charge >= 0.3 is 5.97 Å². The van der Waals surface area contributed by atoms with Crippen molar-refractivity contribution in [1.29, 1.82) is 0 Å². The minimum atomic E-state index is -0.394. The molecule has 0 atom stereocenters. The third-order valence-corrected chi connectivity index (χ3v) is 5.60. The van der Waals surface area contributed by atoms with E-state index in [2.05, 4.69) is 4.74 Å². The van der Waals surface area contributed by atoms with Crippen LogP contribution in [0.5, 0.6) is 0 Å². The highest BCUT2D eigenvalue weighted by Gasteiger charge is 2.40. The lowest BCUT2D eigenvalue weighted by atomic mass is 10.0. The zero-order valence-corrected chi connectivity index (χ0v) is 13.4. The Morgan fingerprint density at radius 1 is 1.18 bits per heavy atom. The third kappa shape index (κ3) is 2.98. The van der Waals surface area contributed by atoms with Gasteiger partial charge in [-0.1, -0.05) is 0 Å². The number of likely N-dealkylation sites (tertiary alicyclic amines) is 1. The molecular weight excluding hydrogens is 302 g/mol. The topological polar surface area (TPSA) is 55.8 Å². The van der Waals surface area contributed by atoms with E-state index in [1.54, 1.807) is 24.3 Å². The Balaban J connectivity index is 1.63. The molecule has 118 valence electrons. The van der Waals surface area contributed by atoms with Gasteiger partial charge in [0.1, 0.15) is 4.93 Å². The summed E-state index contributed by atoms with van der Waals surface area (Å²) in [6, 6.07) is 6.61. The normalized spacial score (nSPS) is 20.1. The molecule has 2 aliphatic heterocycles. The summed E-state index contributed by atoms with van der Waals surface area (Å²) in [5, 5.41) is 0. The molecule has 22 heavy (non-hydrogen) atoms. The molecule has 0 bridgehead atoms. The SMILES string of the molecule is COC(=O)c1ccc(C(=O)N2CCC3(CC2)OCCS3)cc1. The second-order valence-electron chi connectivity index (χ2n) is 5.47. The number of piperidine rings is 1. The molecule has 3 rings (SSSR count). The lowest BCUT2D eigenvalue weighted by molar-refractivity contribution is 0.00351. The van der Waals surface area contributed by atoms with Crippen molar-refractivity contribution in [2.24, 2.45) is 0 Å². The maximum atomic E-state index is 12.5. The summed E-state index contributed by atoms with van der Waals surface area (Å²) in [5.41, 5.74) is 1.05. The van der Waals surface area contributed by atoms with Crippen LogP contribution in [-0.4, -0.2) is 54.3 Å². The van der Waals surface area contributed by atoms with Gasteiger partial charge < -0.3 is 14.4 Å². The first kappa shape index (κ1) is 15.4. The summed E-state index contributed by atoms with van der Waals surface area (Å²) in [5.74, 6) is 0.659. The molecule has 0 radical (unpaired) electrons. The van der Waals surface area contributed by atoms with Crippen molar-refractivity contribution in [2.75, 3.05) is 32.6 Å². The second-order valence-corrected chi connectivity index (χ2v) is 6.91. The van der Waals surface area contributed by atoms with Crippen LogP contribution >= 0.6 is 11.8 Å². The van der Waals surface area contributed by atoms with Crippen molar-refractivity contribution in [1.82, 2.24) is 4.90 Å². The average molecular weight is 321 g/mol. The first-order valence-corrected chi connectivity index (χ1v) is 8.38. The van der Waals surface area contributed by atoms with Crippen molar-refractivity contribution in [3.63, 3.8) is 0 Å². The van der Waals surface area contributed by atoms with Crippen LogP contribution in [-0.2, 0) is 9.47 Å². The van der Waals surface area contributed by atoms with Gasteiger partial charge in [-0.15, -0.1) is 11.8 Å². The molecule has 5 nitrogen and oxygen atoms in total. The molecule has 0 unspecified atom stereocenters. The second kappa shape index (κ2) is 6.30. The Kier molecular flexibility index (Phi) is 4.40. The molecule has 0 aromatic heterocycles. The van der Waals surface area contributed by atoms with Gasteiger partial charge in [0, 0.05) is 37.2 Å². The lowest BCUT2D eigenvalue weighted by Crippen LogP contribution is -2.45. The molecule has 2 fully saturated rings. The molecule has 2 heterocycles. The highest BCUT2D eigenvalue weighted by molar-refractivity contribution is 8.00. The molecule has 6 heteroatoms. The van der Waals surface area contributed by atoms with Gasteiger partial charge in [0.05, 0.1) is 19.3 Å². The number of benzene rings is 1. The number of hydrogen-bond donors (Lipinski definition) is 0. The molecule has 0 N–H and O–H groups in total. The van der Waals surface area contributed by atoms with Crippen LogP contribution in [0.15, 0.2) is 24.3 Å². The van der Waals surface area contributed by atoms with Crippen molar-refractivity contribution >= 4 is 23.6 Å². The van der Waals surface area contributed by atoms with E-state index >= 15 is 0 Å². The van der Waals surface area contributed by atoms with E-state index in [0.29, 0.717) is 24.2 Å². The summed E-state index contributed by atoms with van der Waals surface area (Å²) < 4.78 is 10.5. The molecule has 2 aliphatic rings. The van der Waals surface area contributed by atoms with Gasteiger partial charge in [-0.25, -0.2) is 4.79 Å². The number of thioether (sulfide) groups is 1. The Morgan fingerprint density at radius 3 is 2.36 bits per heavy atom. The van der Waals surface area contributed by atoms with Crippen molar-refractivity contribution in [2.45, 2.75) is 17.8 Å². The third-order valence-electron chi connectivity index (χ3n) is 4.18. The average Bonchev–Trinajstić information content (AvgIpc) is 3.02. The van der Waals surface area contributed by atoms with Gasteiger partial charge in [-0.2, -0.15) is 0 Å². The number of methoxy groups -OCH3 is 1. The molecule has 1 aromatic rings. The van der Waals surface area contributed by atoms with E-state index in [-0.39, 0.29) is 10.8 Å². The summed E-state index contributed by atoms with van der Waals surface area (Å²) in [6.45, 7) is 2.24. The number of esters is 1. The smallest absolute Gasteiger partial charge is 0.337 e. The number of nitrogens with zero attached hydrogens (tertiary/aromatic N) is 1. The van der Waals surface area contributed by atoms with E-state index in [0.717, 1.165) is 25.2 Å².